The highest BCUT2D eigenvalue weighted by atomic mass is 16.2. The molecule has 0 aromatic heterocycles. The number of benzene rings is 1. The Morgan fingerprint density at radius 3 is 2.65 bits per heavy atom. The lowest BCUT2D eigenvalue weighted by molar-refractivity contribution is -0.133. The number of amides is 3. The second-order valence-electron chi connectivity index (χ2n) is 6.92. The van der Waals surface area contributed by atoms with Gasteiger partial charge in [-0.05, 0) is 24.5 Å². The van der Waals surface area contributed by atoms with E-state index in [9.17, 15) is 14.4 Å². The van der Waals surface area contributed by atoms with Gasteiger partial charge in [-0.15, -0.1) is 0 Å². The van der Waals surface area contributed by atoms with E-state index in [1.807, 2.05) is 34.1 Å². The van der Waals surface area contributed by atoms with Crippen LogP contribution in [0.25, 0.3) is 0 Å². The van der Waals surface area contributed by atoms with Crippen molar-refractivity contribution in [1.82, 2.24) is 15.1 Å². The summed E-state index contributed by atoms with van der Waals surface area (Å²) in [4.78, 5) is 40.0. The number of fused-ring (bicyclic) bond motifs is 1. The van der Waals surface area contributed by atoms with Crippen LogP contribution < -0.4 is 10.6 Å². The first-order chi connectivity index (χ1) is 12.6. The van der Waals surface area contributed by atoms with Crippen LogP contribution in [-0.2, 0) is 20.8 Å². The lowest BCUT2D eigenvalue weighted by atomic mass is 9.89. The number of carbonyl (C=O) groups is 3. The van der Waals surface area contributed by atoms with Crippen molar-refractivity contribution in [2.45, 2.75) is 19.3 Å². The van der Waals surface area contributed by atoms with Gasteiger partial charge in [0, 0.05) is 51.3 Å². The minimum Gasteiger partial charge on any atom is -0.358 e. The van der Waals surface area contributed by atoms with Crippen LogP contribution in [0.15, 0.2) is 24.3 Å². The van der Waals surface area contributed by atoms with Gasteiger partial charge in [0.25, 0.3) is 0 Å². The minimum absolute atomic E-state index is 0.00614. The average molecular weight is 358 g/mol. The van der Waals surface area contributed by atoms with E-state index in [0.717, 1.165) is 11.3 Å². The fourth-order valence-corrected chi connectivity index (χ4v) is 3.54. The zero-order chi connectivity index (χ0) is 18.5. The summed E-state index contributed by atoms with van der Waals surface area (Å²) in [5.74, 6) is -0.0556. The molecule has 1 unspecified atom stereocenters. The summed E-state index contributed by atoms with van der Waals surface area (Å²) < 4.78 is 0. The van der Waals surface area contributed by atoms with Crippen LogP contribution in [0.3, 0.4) is 0 Å². The summed E-state index contributed by atoms with van der Waals surface area (Å²) in [6, 6.07) is 7.81. The first kappa shape index (κ1) is 18.4. The van der Waals surface area contributed by atoms with Crippen LogP contribution in [0, 0.1) is 5.92 Å². The van der Waals surface area contributed by atoms with Gasteiger partial charge in [0.2, 0.25) is 17.7 Å². The number of nitrogens with zero attached hydrogens (tertiary/aromatic N) is 2. The highest BCUT2D eigenvalue weighted by Gasteiger charge is 2.28. The molecule has 3 rings (SSSR count). The second-order valence-corrected chi connectivity index (χ2v) is 6.92. The van der Waals surface area contributed by atoms with Crippen molar-refractivity contribution in [3.05, 3.63) is 29.8 Å². The molecule has 7 nitrogen and oxygen atoms in total. The molecule has 0 radical (unpaired) electrons. The van der Waals surface area contributed by atoms with Crippen molar-refractivity contribution in [2.24, 2.45) is 5.92 Å². The van der Waals surface area contributed by atoms with Gasteiger partial charge < -0.3 is 15.5 Å². The molecule has 3 amide bonds. The first-order valence-corrected chi connectivity index (χ1v) is 9.16. The summed E-state index contributed by atoms with van der Waals surface area (Å²) in [5.41, 5.74) is 2.01. The third-order valence-electron chi connectivity index (χ3n) is 5.19. The van der Waals surface area contributed by atoms with Crippen molar-refractivity contribution in [2.75, 3.05) is 45.1 Å². The molecule has 1 aromatic rings. The number of para-hydroxylation sites is 1. The molecule has 2 aliphatic rings. The predicted octanol–water partition coefficient (Wildman–Crippen LogP) is 0.468. The molecule has 0 aliphatic carbocycles. The molecular formula is C19H26N4O3. The summed E-state index contributed by atoms with van der Waals surface area (Å²) in [6.45, 7) is 3.05. The molecule has 7 heteroatoms. The largest absolute Gasteiger partial charge is 0.358 e. The summed E-state index contributed by atoms with van der Waals surface area (Å²) in [5, 5.41) is 5.55. The minimum atomic E-state index is -0.150. The number of hydrogen-bond donors (Lipinski definition) is 2. The fraction of sp³-hybridized carbons (Fsp3) is 0.526. The van der Waals surface area contributed by atoms with Crippen LogP contribution in [-0.4, -0.2) is 67.3 Å². The number of anilines is 1. The van der Waals surface area contributed by atoms with Crippen LogP contribution in [0.2, 0.25) is 0 Å². The Kier molecular flexibility index (Phi) is 5.88. The quantitative estimate of drug-likeness (QED) is 0.802. The lowest BCUT2D eigenvalue weighted by Crippen LogP contribution is -2.51. The Morgan fingerprint density at radius 1 is 1.19 bits per heavy atom. The molecule has 1 atom stereocenters. The zero-order valence-electron chi connectivity index (χ0n) is 15.2. The number of piperazine rings is 1. The Morgan fingerprint density at radius 2 is 1.92 bits per heavy atom. The molecule has 26 heavy (non-hydrogen) atoms. The molecule has 2 heterocycles. The van der Waals surface area contributed by atoms with Crippen LogP contribution in [0.4, 0.5) is 5.69 Å². The zero-order valence-corrected chi connectivity index (χ0v) is 15.2. The summed E-state index contributed by atoms with van der Waals surface area (Å²) >= 11 is 0. The number of rotatable bonds is 5. The van der Waals surface area contributed by atoms with Gasteiger partial charge in [-0.3, -0.25) is 19.3 Å². The normalized spacial score (nSPS) is 20.3. The van der Waals surface area contributed by atoms with Crippen molar-refractivity contribution in [1.29, 1.82) is 0 Å². The van der Waals surface area contributed by atoms with E-state index in [1.165, 1.54) is 0 Å². The third kappa shape index (κ3) is 4.40. The van der Waals surface area contributed by atoms with E-state index < -0.39 is 0 Å². The maximum Gasteiger partial charge on any atom is 0.233 e. The van der Waals surface area contributed by atoms with Gasteiger partial charge in [0.1, 0.15) is 0 Å². The monoisotopic (exact) mass is 358 g/mol. The summed E-state index contributed by atoms with van der Waals surface area (Å²) in [6.07, 6.45) is 1.64. The van der Waals surface area contributed by atoms with Crippen LogP contribution in [0.5, 0.6) is 0 Å². The van der Waals surface area contributed by atoms with Crippen LogP contribution in [0.1, 0.15) is 18.4 Å². The van der Waals surface area contributed by atoms with E-state index in [1.54, 1.807) is 7.05 Å². The third-order valence-corrected chi connectivity index (χ3v) is 5.19. The van der Waals surface area contributed by atoms with E-state index in [-0.39, 0.29) is 23.6 Å². The smallest absolute Gasteiger partial charge is 0.233 e. The standard InChI is InChI=1S/C19H26N4O3/c1-20-17(24)13-22-8-10-23(11-9-22)18(25)7-6-15-12-14-4-2-3-5-16(14)21-19(15)26/h2-5,15H,6-13H2,1H3,(H,20,24)(H,21,26). The van der Waals surface area contributed by atoms with Crippen molar-refractivity contribution >= 4 is 23.4 Å². The SMILES string of the molecule is CNC(=O)CN1CCN(C(=O)CCC2Cc3ccccc3NC2=O)CC1. The maximum atomic E-state index is 12.5. The summed E-state index contributed by atoms with van der Waals surface area (Å²) in [7, 11) is 1.63. The van der Waals surface area contributed by atoms with Crippen molar-refractivity contribution < 1.29 is 14.4 Å². The van der Waals surface area contributed by atoms with Gasteiger partial charge in [0.15, 0.2) is 0 Å². The molecule has 0 spiro atoms. The second kappa shape index (κ2) is 8.31. The van der Waals surface area contributed by atoms with Crippen molar-refractivity contribution in [3.63, 3.8) is 0 Å². The average Bonchev–Trinajstić information content (AvgIpc) is 2.66. The maximum absolute atomic E-state index is 12.5. The van der Waals surface area contributed by atoms with Crippen LogP contribution >= 0.6 is 0 Å². The molecule has 1 aromatic carbocycles. The van der Waals surface area contributed by atoms with E-state index >= 15 is 0 Å². The number of carbonyl (C=O) groups excluding carboxylic acids is 3. The van der Waals surface area contributed by atoms with Gasteiger partial charge in [-0.2, -0.15) is 0 Å². The Bertz CT molecular complexity index is 683. The number of likely N-dealkylation sites (N-methyl/N-ethyl adjacent to an activating group) is 1. The molecule has 2 aliphatic heterocycles. The van der Waals surface area contributed by atoms with E-state index in [0.29, 0.717) is 52.0 Å². The number of nitrogens with one attached hydrogen (secondary N) is 2. The highest BCUT2D eigenvalue weighted by Crippen LogP contribution is 2.27. The molecule has 2 N–H and O–H groups in total. The topological polar surface area (TPSA) is 81.8 Å². The highest BCUT2D eigenvalue weighted by molar-refractivity contribution is 5.96. The Labute approximate surface area is 153 Å². The fourth-order valence-electron chi connectivity index (χ4n) is 3.54. The Hall–Kier alpha value is -2.41. The number of hydrogen-bond acceptors (Lipinski definition) is 4. The van der Waals surface area contributed by atoms with Gasteiger partial charge in [-0.25, -0.2) is 0 Å². The molecular weight excluding hydrogens is 332 g/mol. The Balaban J connectivity index is 1.45. The molecule has 140 valence electrons. The molecule has 0 saturated carbocycles. The first-order valence-electron chi connectivity index (χ1n) is 9.16. The molecule has 1 saturated heterocycles. The predicted molar refractivity (Wildman–Crippen MR) is 98.6 cm³/mol. The van der Waals surface area contributed by atoms with E-state index in [2.05, 4.69) is 10.6 Å². The van der Waals surface area contributed by atoms with Gasteiger partial charge in [0.05, 0.1) is 6.54 Å². The molecule has 0 bridgehead atoms. The van der Waals surface area contributed by atoms with Crippen molar-refractivity contribution in [3.8, 4) is 0 Å². The van der Waals surface area contributed by atoms with Gasteiger partial charge >= 0.3 is 0 Å². The van der Waals surface area contributed by atoms with E-state index in [4.69, 9.17) is 0 Å². The van der Waals surface area contributed by atoms with Gasteiger partial charge in [-0.1, -0.05) is 18.2 Å². The lowest BCUT2D eigenvalue weighted by Gasteiger charge is -2.34. The molecule has 1 fully saturated rings.